The van der Waals surface area contributed by atoms with Gasteiger partial charge in [0.25, 0.3) is 10.2 Å². The first-order valence-corrected chi connectivity index (χ1v) is 9.00. The van der Waals surface area contributed by atoms with Crippen LogP contribution >= 0.6 is 0 Å². The second kappa shape index (κ2) is 7.02. The molecule has 5 nitrogen and oxygen atoms in total. The summed E-state index contributed by atoms with van der Waals surface area (Å²) in [5.41, 5.74) is 0. The van der Waals surface area contributed by atoms with Crippen molar-refractivity contribution < 1.29 is 8.42 Å². The number of nitrogens with one attached hydrogen (secondary N) is 1. The molecule has 2 fully saturated rings. The van der Waals surface area contributed by atoms with Crippen LogP contribution in [-0.2, 0) is 10.2 Å². The zero-order valence-electron chi connectivity index (χ0n) is 12.0. The predicted molar refractivity (Wildman–Crippen MR) is 77.2 cm³/mol. The topological polar surface area (TPSA) is 52.7 Å². The molecule has 0 saturated carbocycles. The molecular weight excluding hydrogens is 262 g/mol. The van der Waals surface area contributed by atoms with Crippen LogP contribution in [0.5, 0.6) is 0 Å². The second-order valence-electron chi connectivity index (χ2n) is 5.64. The van der Waals surface area contributed by atoms with Gasteiger partial charge >= 0.3 is 0 Å². The molecule has 0 radical (unpaired) electrons. The second-order valence-corrected chi connectivity index (χ2v) is 7.57. The van der Waals surface area contributed by atoms with E-state index in [1.54, 1.807) is 8.61 Å². The smallest absolute Gasteiger partial charge is 0.281 e. The first-order chi connectivity index (χ1) is 9.14. The van der Waals surface area contributed by atoms with Crippen LogP contribution in [0.15, 0.2) is 0 Å². The van der Waals surface area contributed by atoms with Gasteiger partial charge in [-0.1, -0.05) is 13.3 Å². The van der Waals surface area contributed by atoms with E-state index in [0.29, 0.717) is 32.1 Å². The van der Waals surface area contributed by atoms with E-state index in [9.17, 15) is 8.42 Å². The molecule has 2 rings (SSSR count). The van der Waals surface area contributed by atoms with Gasteiger partial charge in [-0.3, -0.25) is 0 Å². The Labute approximate surface area is 117 Å². The highest BCUT2D eigenvalue weighted by molar-refractivity contribution is 7.86. The minimum absolute atomic E-state index is 0.466. The highest BCUT2D eigenvalue weighted by Gasteiger charge is 2.33. The lowest BCUT2D eigenvalue weighted by molar-refractivity contribution is 0.235. The average Bonchev–Trinajstić information content (AvgIpc) is 2.46. The molecule has 1 unspecified atom stereocenters. The average molecular weight is 289 g/mol. The standard InChI is InChI=1S/C13H27N3O2S/c1-2-14-11-13-7-6-10-16(12-13)19(17,18)15-8-4-3-5-9-15/h13-14H,2-12H2,1H3. The fourth-order valence-electron chi connectivity index (χ4n) is 3.01. The summed E-state index contributed by atoms with van der Waals surface area (Å²) in [4.78, 5) is 0. The van der Waals surface area contributed by atoms with Gasteiger partial charge in [-0.2, -0.15) is 17.0 Å². The highest BCUT2D eigenvalue weighted by atomic mass is 32.2. The highest BCUT2D eigenvalue weighted by Crippen LogP contribution is 2.23. The van der Waals surface area contributed by atoms with E-state index in [4.69, 9.17) is 0 Å². The molecule has 0 spiro atoms. The van der Waals surface area contributed by atoms with Crippen molar-refractivity contribution in [3.8, 4) is 0 Å². The molecular formula is C13H27N3O2S. The van der Waals surface area contributed by atoms with Crippen LogP contribution in [0.1, 0.15) is 39.0 Å². The van der Waals surface area contributed by atoms with Gasteiger partial charge in [0.2, 0.25) is 0 Å². The summed E-state index contributed by atoms with van der Waals surface area (Å²) in [6.45, 7) is 6.77. The molecule has 19 heavy (non-hydrogen) atoms. The third-order valence-corrected chi connectivity index (χ3v) is 6.13. The number of rotatable bonds is 5. The first kappa shape index (κ1) is 15.2. The third-order valence-electron chi connectivity index (χ3n) is 4.13. The van der Waals surface area contributed by atoms with Crippen LogP contribution in [0, 0.1) is 5.92 Å². The van der Waals surface area contributed by atoms with Crippen LogP contribution in [0.4, 0.5) is 0 Å². The molecule has 1 atom stereocenters. The van der Waals surface area contributed by atoms with Crippen LogP contribution in [-0.4, -0.2) is 56.3 Å². The van der Waals surface area contributed by atoms with Crippen molar-refractivity contribution in [2.24, 2.45) is 5.92 Å². The molecule has 2 aliphatic heterocycles. The van der Waals surface area contributed by atoms with Crippen LogP contribution in [0.2, 0.25) is 0 Å². The molecule has 2 heterocycles. The molecule has 0 aromatic heterocycles. The summed E-state index contributed by atoms with van der Waals surface area (Å²) in [5, 5.41) is 3.33. The molecule has 112 valence electrons. The Morgan fingerprint density at radius 2 is 1.74 bits per heavy atom. The normalized spacial score (nSPS) is 27.5. The number of hydrogen-bond acceptors (Lipinski definition) is 3. The fourth-order valence-corrected chi connectivity index (χ4v) is 4.82. The molecule has 6 heteroatoms. The molecule has 0 aromatic rings. The van der Waals surface area contributed by atoms with Gasteiger partial charge < -0.3 is 5.32 Å². The van der Waals surface area contributed by atoms with E-state index in [0.717, 1.165) is 45.2 Å². The zero-order valence-corrected chi connectivity index (χ0v) is 12.8. The Hall–Kier alpha value is -0.170. The summed E-state index contributed by atoms with van der Waals surface area (Å²) < 4.78 is 28.6. The summed E-state index contributed by atoms with van der Waals surface area (Å²) in [6, 6.07) is 0. The van der Waals surface area contributed by atoms with Gasteiger partial charge in [0.05, 0.1) is 0 Å². The minimum atomic E-state index is -3.20. The zero-order chi connectivity index (χ0) is 13.7. The van der Waals surface area contributed by atoms with Gasteiger partial charge in [0.1, 0.15) is 0 Å². The van der Waals surface area contributed by atoms with Crippen molar-refractivity contribution in [2.45, 2.75) is 39.0 Å². The molecule has 0 bridgehead atoms. The molecule has 2 aliphatic rings. The Bertz CT molecular complexity index is 366. The van der Waals surface area contributed by atoms with Gasteiger partial charge in [0.15, 0.2) is 0 Å². The number of piperidine rings is 2. The van der Waals surface area contributed by atoms with Crippen LogP contribution in [0.25, 0.3) is 0 Å². The molecule has 0 amide bonds. The lowest BCUT2D eigenvalue weighted by Gasteiger charge is -2.36. The minimum Gasteiger partial charge on any atom is -0.317 e. The van der Waals surface area contributed by atoms with E-state index < -0.39 is 10.2 Å². The van der Waals surface area contributed by atoms with Crippen molar-refractivity contribution in [1.29, 1.82) is 0 Å². The van der Waals surface area contributed by atoms with Gasteiger partial charge in [-0.25, -0.2) is 0 Å². The van der Waals surface area contributed by atoms with Gasteiger partial charge in [-0.05, 0) is 44.7 Å². The van der Waals surface area contributed by atoms with E-state index in [2.05, 4.69) is 12.2 Å². The van der Waals surface area contributed by atoms with Gasteiger partial charge in [-0.15, -0.1) is 0 Å². The van der Waals surface area contributed by atoms with E-state index in [1.807, 2.05) is 0 Å². The maximum atomic E-state index is 12.6. The first-order valence-electron chi connectivity index (χ1n) is 7.60. The number of nitrogens with zero attached hydrogens (tertiary/aromatic N) is 2. The molecule has 0 aromatic carbocycles. The maximum absolute atomic E-state index is 12.6. The van der Waals surface area contributed by atoms with Crippen LogP contribution < -0.4 is 5.32 Å². The Morgan fingerprint density at radius 1 is 1.05 bits per heavy atom. The molecule has 1 N–H and O–H groups in total. The fraction of sp³-hybridized carbons (Fsp3) is 1.00. The van der Waals surface area contributed by atoms with Crippen molar-refractivity contribution in [3.05, 3.63) is 0 Å². The lowest BCUT2D eigenvalue weighted by Crippen LogP contribution is -2.50. The Morgan fingerprint density at radius 3 is 2.42 bits per heavy atom. The SMILES string of the molecule is CCNCC1CCCN(S(=O)(=O)N2CCCCC2)C1. The predicted octanol–water partition coefficient (Wildman–Crippen LogP) is 1.04. The number of hydrogen-bond donors (Lipinski definition) is 1. The third kappa shape index (κ3) is 3.90. The van der Waals surface area contributed by atoms with Crippen molar-refractivity contribution >= 4 is 10.2 Å². The van der Waals surface area contributed by atoms with Gasteiger partial charge in [0, 0.05) is 26.2 Å². The van der Waals surface area contributed by atoms with Crippen molar-refractivity contribution in [2.75, 3.05) is 39.3 Å². The van der Waals surface area contributed by atoms with Crippen LogP contribution in [0.3, 0.4) is 0 Å². The summed E-state index contributed by atoms with van der Waals surface area (Å²) >= 11 is 0. The molecule has 0 aliphatic carbocycles. The molecule has 2 saturated heterocycles. The lowest BCUT2D eigenvalue weighted by atomic mass is 10.00. The monoisotopic (exact) mass is 289 g/mol. The maximum Gasteiger partial charge on any atom is 0.281 e. The van der Waals surface area contributed by atoms with Crippen molar-refractivity contribution in [1.82, 2.24) is 13.9 Å². The summed E-state index contributed by atoms with van der Waals surface area (Å²) in [7, 11) is -3.20. The Balaban J connectivity index is 1.95. The van der Waals surface area contributed by atoms with Crippen molar-refractivity contribution in [3.63, 3.8) is 0 Å². The van der Waals surface area contributed by atoms with E-state index in [-0.39, 0.29) is 0 Å². The Kier molecular flexibility index (Phi) is 5.62. The van der Waals surface area contributed by atoms with E-state index >= 15 is 0 Å². The largest absolute Gasteiger partial charge is 0.317 e. The summed E-state index contributed by atoms with van der Waals surface area (Å²) in [6.07, 6.45) is 5.30. The summed E-state index contributed by atoms with van der Waals surface area (Å²) in [5.74, 6) is 0.466. The quantitative estimate of drug-likeness (QED) is 0.823. The van der Waals surface area contributed by atoms with E-state index in [1.165, 1.54) is 0 Å².